The summed E-state index contributed by atoms with van der Waals surface area (Å²) in [4.78, 5) is 11.7. The standard InChI is InChI=1S/C16H19NO2/c1-16(2,11-17)8-9-19-13-6-7-14-12(10-13)4-3-5-15(14)18/h6-7,10H,3-5,8-9H2,1-2H3. The molecule has 0 radical (unpaired) electrons. The summed E-state index contributed by atoms with van der Waals surface area (Å²) in [6.07, 6.45) is 3.22. The number of hydrogen-bond acceptors (Lipinski definition) is 3. The van der Waals surface area contributed by atoms with Crippen molar-refractivity contribution in [2.24, 2.45) is 5.41 Å². The monoisotopic (exact) mass is 257 g/mol. The fourth-order valence-corrected chi connectivity index (χ4v) is 2.19. The molecule has 1 aromatic carbocycles. The SMILES string of the molecule is CC(C)(C#N)CCOc1ccc2c(c1)CCCC2=O. The number of nitrogens with zero attached hydrogens (tertiary/aromatic N) is 1. The Balaban J connectivity index is 1.99. The molecule has 0 bridgehead atoms. The maximum absolute atomic E-state index is 11.7. The van der Waals surface area contributed by atoms with Crippen molar-refractivity contribution in [1.29, 1.82) is 5.26 Å². The molecule has 3 nitrogen and oxygen atoms in total. The Labute approximate surface area is 114 Å². The third-order valence-corrected chi connectivity index (χ3v) is 3.53. The number of ether oxygens (including phenoxy) is 1. The lowest BCUT2D eigenvalue weighted by molar-refractivity contribution is 0.0972. The Morgan fingerprint density at radius 1 is 1.37 bits per heavy atom. The van der Waals surface area contributed by atoms with E-state index in [1.807, 2.05) is 32.0 Å². The fourth-order valence-electron chi connectivity index (χ4n) is 2.19. The van der Waals surface area contributed by atoms with Crippen LogP contribution in [0.1, 0.15) is 49.0 Å². The first-order valence-electron chi connectivity index (χ1n) is 6.72. The van der Waals surface area contributed by atoms with E-state index >= 15 is 0 Å². The quantitative estimate of drug-likeness (QED) is 0.829. The van der Waals surface area contributed by atoms with Crippen molar-refractivity contribution in [1.82, 2.24) is 0 Å². The van der Waals surface area contributed by atoms with E-state index in [0.29, 0.717) is 19.4 Å². The Morgan fingerprint density at radius 2 is 2.16 bits per heavy atom. The summed E-state index contributed by atoms with van der Waals surface area (Å²) in [5.74, 6) is 1.03. The van der Waals surface area contributed by atoms with E-state index in [2.05, 4.69) is 6.07 Å². The molecule has 0 saturated heterocycles. The number of benzene rings is 1. The summed E-state index contributed by atoms with van der Waals surface area (Å²) in [7, 11) is 0. The molecule has 0 saturated carbocycles. The van der Waals surface area contributed by atoms with Crippen LogP contribution in [0.5, 0.6) is 5.75 Å². The summed E-state index contributed by atoms with van der Waals surface area (Å²) in [6.45, 7) is 4.33. The second-order valence-corrected chi connectivity index (χ2v) is 5.69. The first kappa shape index (κ1) is 13.6. The van der Waals surface area contributed by atoms with Gasteiger partial charge in [0.15, 0.2) is 5.78 Å². The molecule has 1 aliphatic carbocycles. The van der Waals surface area contributed by atoms with E-state index in [-0.39, 0.29) is 11.2 Å². The number of nitriles is 1. The van der Waals surface area contributed by atoms with Crippen LogP contribution in [0, 0.1) is 16.7 Å². The van der Waals surface area contributed by atoms with Gasteiger partial charge in [-0.1, -0.05) is 0 Å². The minimum atomic E-state index is -0.357. The van der Waals surface area contributed by atoms with Crippen molar-refractivity contribution >= 4 is 5.78 Å². The van der Waals surface area contributed by atoms with Gasteiger partial charge in [-0.25, -0.2) is 0 Å². The van der Waals surface area contributed by atoms with Gasteiger partial charge in [0.1, 0.15) is 5.75 Å². The second-order valence-electron chi connectivity index (χ2n) is 5.69. The molecular weight excluding hydrogens is 238 g/mol. The third kappa shape index (κ3) is 3.35. The van der Waals surface area contributed by atoms with Crippen LogP contribution in [0.25, 0.3) is 0 Å². The third-order valence-electron chi connectivity index (χ3n) is 3.53. The second kappa shape index (κ2) is 5.44. The van der Waals surface area contributed by atoms with Gasteiger partial charge in [0.2, 0.25) is 0 Å². The van der Waals surface area contributed by atoms with Crippen LogP contribution >= 0.6 is 0 Å². The lowest BCUT2D eigenvalue weighted by atomic mass is 9.90. The smallest absolute Gasteiger partial charge is 0.163 e. The first-order chi connectivity index (χ1) is 9.02. The highest BCUT2D eigenvalue weighted by Crippen LogP contribution is 2.26. The zero-order valence-electron chi connectivity index (χ0n) is 11.5. The minimum Gasteiger partial charge on any atom is -0.494 e. The number of aryl methyl sites for hydroxylation is 1. The average molecular weight is 257 g/mol. The lowest BCUT2D eigenvalue weighted by Crippen LogP contribution is -2.14. The molecule has 0 aliphatic heterocycles. The molecule has 1 aromatic rings. The summed E-state index contributed by atoms with van der Waals surface area (Å²) in [5, 5.41) is 8.94. The van der Waals surface area contributed by atoms with Crippen molar-refractivity contribution in [2.75, 3.05) is 6.61 Å². The summed E-state index contributed by atoms with van der Waals surface area (Å²) in [6, 6.07) is 7.93. The van der Waals surface area contributed by atoms with Crippen LogP contribution in [0.3, 0.4) is 0 Å². The molecular formula is C16H19NO2. The van der Waals surface area contributed by atoms with Crippen LogP contribution < -0.4 is 4.74 Å². The summed E-state index contributed by atoms with van der Waals surface area (Å²) < 4.78 is 5.68. The van der Waals surface area contributed by atoms with Gasteiger partial charge in [0.25, 0.3) is 0 Å². The molecule has 1 aliphatic rings. The van der Waals surface area contributed by atoms with E-state index in [1.165, 1.54) is 0 Å². The van der Waals surface area contributed by atoms with Crippen molar-refractivity contribution in [3.05, 3.63) is 29.3 Å². The van der Waals surface area contributed by atoms with Gasteiger partial charge in [-0.3, -0.25) is 4.79 Å². The molecule has 0 spiro atoms. The van der Waals surface area contributed by atoms with E-state index < -0.39 is 0 Å². The average Bonchev–Trinajstić information content (AvgIpc) is 2.39. The predicted molar refractivity (Wildman–Crippen MR) is 73.2 cm³/mol. The maximum atomic E-state index is 11.7. The molecule has 0 amide bonds. The lowest BCUT2D eigenvalue weighted by Gasteiger charge is -2.18. The summed E-state index contributed by atoms with van der Waals surface area (Å²) >= 11 is 0. The van der Waals surface area contributed by atoms with Crippen LogP contribution in [-0.4, -0.2) is 12.4 Å². The topological polar surface area (TPSA) is 50.1 Å². The number of carbonyl (C=O) groups is 1. The van der Waals surface area contributed by atoms with Crippen molar-refractivity contribution in [3.63, 3.8) is 0 Å². The van der Waals surface area contributed by atoms with Gasteiger partial charge < -0.3 is 4.74 Å². The molecule has 0 fully saturated rings. The molecule has 3 heteroatoms. The van der Waals surface area contributed by atoms with Gasteiger partial charge in [0, 0.05) is 12.0 Å². The minimum absolute atomic E-state index is 0.235. The van der Waals surface area contributed by atoms with Gasteiger partial charge in [-0.2, -0.15) is 5.26 Å². The number of hydrogen-bond donors (Lipinski definition) is 0. The van der Waals surface area contributed by atoms with Crippen LogP contribution in [0.2, 0.25) is 0 Å². The summed E-state index contributed by atoms with van der Waals surface area (Å²) in [5.41, 5.74) is 1.58. The number of fused-ring (bicyclic) bond motifs is 1. The Kier molecular flexibility index (Phi) is 3.90. The molecule has 0 atom stereocenters. The molecule has 2 rings (SSSR count). The van der Waals surface area contributed by atoms with Gasteiger partial charge in [-0.05, 0) is 56.9 Å². The Hall–Kier alpha value is -1.82. The van der Waals surface area contributed by atoms with Crippen molar-refractivity contribution in [3.8, 4) is 11.8 Å². The van der Waals surface area contributed by atoms with E-state index in [4.69, 9.17) is 10.00 Å². The van der Waals surface area contributed by atoms with Gasteiger partial charge >= 0.3 is 0 Å². The van der Waals surface area contributed by atoms with Crippen LogP contribution in [-0.2, 0) is 6.42 Å². The highest BCUT2D eigenvalue weighted by Gasteiger charge is 2.18. The molecule has 0 aromatic heterocycles. The predicted octanol–water partition coefficient (Wildman–Crippen LogP) is 3.52. The molecule has 0 unspecified atom stereocenters. The molecule has 0 heterocycles. The molecule has 100 valence electrons. The first-order valence-corrected chi connectivity index (χ1v) is 6.72. The number of carbonyl (C=O) groups excluding carboxylic acids is 1. The normalized spacial score (nSPS) is 14.7. The largest absolute Gasteiger partial charge is 0.494 e. The van der Waals surface area contributed by atoms with Gasteiger partial charge in [-0.15, -0.1) is 0 Å². The molecule has 19 heavy (non-hydrogen) atoms. The Morgan fingerprint density at radius 3 is 2.89 bits per heavy atom. The number of ketones is 1. The van der Waals surface area contributed by atoms with E-state index in [0.717, 1.165) is 29.7 Å². The van der Waals surface area contributed by atoms with E-state index in [9.17, 15) is 4.79 Å². The Bertz CT molecular complexity index is 526. The van der Waals surface area contributed by atoms with E-state index in [1.54, 1.807) is 0 Å². The number of Topliss-reactive ketones (excluding diaryl/α,β-unsaturated/α-hetero) is 1. The van der Waals surface area contributed by atoms with Crippen LogP contribution in [0.15, 0.2) is 18.2 Å². The highest BCUT2D eigenvalue weighted by molar-refractivity contribution is 5.98. The maximum Gasteiger partial charge on any atom is 0.163 e. The zero-order valence-corrected chi connectivity index (χ0v) is 11.5. The zero-order chi connectivity index (χ0) is 13.9. The van der Waals surface area contributed by atoms with Crippen molar-refractivity contribution in [2.45, 2.75) is 39.5 Å². The van der Waals surface area contributed by atoms with Crippen LogP contribution in [0.4, 0.5) is 0 Å². The highest BCUT2D eigenvalue weighted by atomic mass is 16.5. The molecule has 0 N–H and O–H groups in total. The number of rotatable bonds is 4. The van der Waals surface area contributed by atoms with Gasteiger partial charge in [0.05, 0.1) is 18.1 Å². The fraction of sp³-hybridized carbons (Fsp3) is 0.500. The van der Waals surface area contributed by atoms with Crippen molar-refractivity contribution < 1.29 is 9.53 Å².